The molecule has 3 N–H and O–H groups in total. The number of aromatic nitrogens is 3. The van der Waals surface area contributed by atoms with E-state index in [1.165, 1.54) is 0 Å². The van der Waals surface area contributed by atoms with E-state index < -0.39 is 10.0 Å². The average molecular weight is 507 g/mol. The fourth-order valence-electron chi connectivity index (χ4n) is 2.30. The molecule has 0 spiro atoms. The monoisotopic (exact) mass is 507 g/mol. The smallest absolute Gasteiger partial charge is 0.240 e. The van der Waals surface area contributed by atoms with Gasteiger partial charge in [-0.15, -0.1) is 34.2 Å². The number of rotatable bonds is 9. The maximum Gasteiger partial charge on any atom is 0.240 e. The molecule has 2 rings (SSSR count). The van der Waals surface area contributed by atoms with Crippen LogP contribution in [0.15, 0.2) is 46.5 Å². The molecule has 1 aromatic carbocycles. The molecule has 1 heterocycles. The average Bonchev–Trinajstić information content (AvgIpc) is 3.12. The molecule has 11 heteroatoms. The fraction of sp³-hybridized carbons (Fsp3) is 0.438. The predicted molar refractivity (Wildman–Crippen MR) is 116 cm³/mol. The van der Waals surface area contributed by atoms with Gasteiger partial charge in [-0.25, -0.2) is 13.1 Å². The Kier molecular flexibility index (Phi) is 10.3. The topological polar surface area (TPSA) is 113 Å². The molecule has 0 fully saturated rings. The zero-order chi connectivity index (χ0) is 18.8. The number of benzene rings is 1. The Bertz CT molecular complexity index is 809. The number of nitrogens with one attached hydrogen (secondary N) is 3. The number of nitrogens with zero attached hydrogens (tertiary/aromatic N) is 4. The van der Waals surface area contributed by atoms with Gasteiger partial charge < -0.3 is 15.2 Å². The van der Waals surface area contributed by atoms with Gasteiger partial charge in [-0.2, -0.15) is 0 Å². The Morgan fingerprint density at radius 2 is 1.85 bits per heavy atom. The Morgan fingerprint density at radius 1 is 1.15 bits per heavy atom. The first-order chi connectivity index (χ1) is 12.6. The number of hydrogen-bond acceptors (Lipinski definition) is 5. The number of aliphatic imine (C=N–C) groups is 1. The molecule has 0 saturated carbocycles. The molecule has 9 nitrogen and oxygen atoms in total. The second kappa shape index (κ2) is 11.9. The molecule has 27 heavy (non-hydrogen) atoms. The summed E-state index contributed by atoms with van der Waals surface area (Å²) in [6.45, 7) is 4.07. The zero-order valence-corrected chi connectivity index (χ0v) is 18.6. The van der Waals surface area contributed by atoms with Crippen molar-refractivity contribution >= 4 is 40.0 Å². The molecule has 0 aliphatic rings. The summed E-state index contributed by atoms with van der Waals surface area (Å²) in [6.07, 6.45) is 2.53. The molecule has 0 unspecified atom stereocenters. The molecule has 0 amide bonds. The SMILES string of the molecule is CCc1nncn1CCNC(=NC)NCCNS(=O)(=O)c1ccccc1.I. The summed E-state index contributed by atoms with van der Waals surface area (Å²) in [5.74, 6) is 1.54. The van der Waals surface area contributed by atoms with Gasteiger partial charge in [-0.05, 0) is 12.1 Å². The fourth-order valence-corrected chi connectivity index (χ4v) is 3.36. The summed E-state index contributed by atoms with van der Waals surface area (Å²) in [4.78, 5) is 4.37. The molecular weight excluding hydrogens is 481 g/mol. The zero-order valence-electron chi connectivity index (χ0n) is 15.4. The summed E-state index contributed by atoms with van der Waals surface area (Å²) in [5.41, 5.74) is 0. The van der Waals surface area contributed by atoms with Gasteiger partial charge >= 0.3 is 0 Å². The standard InChI is InChI=1S/C16H25N7O2S.HI/c1-3-15-22-20-13-23(15)12-11-19-16(17-2)18-9-10-21-26(24,25)14-7-5-4-6-8-14;/h4-8,13,21H,3,9-12H2,1-2H3,(H2,17,18,19);1H. The number of halogens is 1. The molecule has 0 aliphatic heterocycles. The normalized spacial score (nSPS) is 11.7. The minimum Gasteiger partial charge on any atom is -0.355 e. The van der Waals surface area contributed by atoms with Crippen molar-refractivity contribution in [2.75, 3.05) is 26.7 Å². The molecule has 2 aromatic rings. The van der Waals surface area contributed by atoms with Crippen molar-refractivity contribution in [2.45, 2.75) is 24.8 Å². The molecule has 0 aliphatic carbocycles. The van der Waals surface area contributed by atoms with Crippen LogP contribution in [0.4, 0.5) is 0 Å². The third kappa shape index (κ3) is 7.42. The molecule has 0 atom stereocenters. The largest absolute Gasteiger partial charge is 0.355 e. The van der Waals surface area contributed by atoms with E-state index in [1.54, 1.807) is 43.7 Å². The van der Waals surface area contributed by atoms with Gasteiger partial charge in [0, 0.05) is 39.6 Å². The van der Waals surface area contributed by atoms with Crippen LogP contribution in [-0.2, 0) is 23.0 Å². The van der Waals surface area contributed by atoms with Crippen molar-refractivity contribution in [3.63, 3.8) is 0 Å². The Hall–Kier alpha value is -1.73. The molecule has 0 saturated heterocycles. The van der Waals surface area contributed by atoms with E-state index in [0.29, 0.717) is 19.0 Å². The number of guanidine groups is 1. The van der Waals surface area contributed by atoms with Crippen molar-refractivity contribution in [1.82, 2.24) is 30.1 Å². The summed E-state index contributed by atoms with van der Waals surface area (Å²) in [5, 5.41) is 14.2. The van der Waals surface area contributed by atoms with E-state index >= 15 is 0 Å². The van der Waals surface area contributed by atoms with E-state index in [9.17, 15) is 8.42 Å². The maximum atomic E-state index is 12.1. The molecule has 0 bridgehead atoms. The summed E-state index contributed by atoms with van der Waals surface area (Å²) < 4.78 is 28.8. The minimum absolute atomic E-state index is 0. The first-order valence-corrected chi connectivity index (χ1v) is 9.91. The number of aryl methyl sites for hydroxylation is 1. The summed E-state index contributed by atoms with van der Waals surface area (Å²) in [6, 6.07) is 8.29. The van der Waals surface area contributed by atoms with Gasteiger partial charge in [-0.1, -0.05) is 25.1 Å². The second-order valence-electron chi connectivity index (χ2n) is 5.43. The molecular formula is C16H26IN7O2S. The van der Waals surface area contributed by atoms with Gasteiger partial charge in [0.1, 0.15) is 12.2 Å². The highest BCUT2D eigenvalue weighted by Crippen LogP contribution is 2.06. The van der Waals surface area contributed by atoms with Crippen LogP contribution in [0.5, 0.6) is 0 Å². The highest BCUT2D eigenvalue weighted by molar-refractivity contribution is 14.0. The van der Waals surface area contributed by atoms with Crippen molar-refractivity contribution in [3.8, 4) is 0 Å². The van der Waals surface area contributed by atoms with Gasteiger partial charge in [0.2, 0.25) is 10.0 Å². The first-order valence-electron chi connectivity index (χ1n) is 8.42. The third-order valence-corrected chi connectivity index (χ3v) is 5.12. The van der Waals surface area contributed by atoms with E-state index in [4.69, 9.17) is 0 Å². The molecule has 1 aromatic heterocycles. The predicted octanol–water partition coefficient (Wildman–Crippen LogP) is 0.602. The Balaban J connectivity index is 0.00000364. The van der Waals surface area contributed by atoms with E-state index in [2.05, 4.69) is 30.5 Å². The van der Waals surface area contributed by atoms with Crippen LogP contribution in [0.3, 0.4) is 0 Å². The quantitative estimate of drug-likeness (QED) is 0.198. The lowest BCUT2D eigenvalue weighted by Gasteiger charge is -2.13. The lowest BCUT2D eigenvalue weighted by Crippen LogP contribution is -2.42. The summed E-state index contributed by atoms with van der Waals surface area (Å²) >= 11 is 0. The lowest BCUT2D eigenvalue weighted by molar-refractivity contribution is 0.580. The van der Waals surface area contributed by atoms with Crippen molar-refractivity contribution < 1.29 is 8.42 Å². The maximum absolute atomic E-state index is 12.1. The Labute approximate surface area is 177 Å². The van der Waals surface area contributed by atoms with Crippen molar-refractivity contribution in [1.29, 1.82) is 0 Å². The van der Waals surface area contributed by atoms with Crippen LogP contribution in [0.1, 0.15) is 12.7 Å². The van der Waals surface area contributed by atoms with Gasteiger partial charge in [0.15, 0.2) is 5.96 Å². The Morgan fingerprint density at radius 3 is 2.52 bits per heavy atom. The summed E-state index contributed by atoms with van der Waals surface area (Å²) in [7, 11) is -1.82. The van der Waals surface area contributed by atoms with E-state index in [1.807, 2.05) is 11.5 Å². The second-order valence-corrected chi connectivity index (χ2v) is 7.20. The van der Waals surface area contributed by atoms with Gasteiger partial charge in [0.05, 0.1) is 4.90 Å². The van der Waals surface area contributed by atoms with E-state index in [0.717, 1.165) is 18.8 Å². The van der Waals surface area contributed by atoms with Crippen molar-refractivity contribution in [2.24, 2.45) is 4.99 Å². The first kappa shape index (κ1) is 23.3. The van der Waals surface area contributed by atoms with Gasteiger partial charge in [-0.3, -0.25) is 4.99 Å². The van der Waals surface area contributed by atoms with Gasteiger partial charge in [0.25, 0.3) is 0 Å². The van der Waals surface area contributed by atoms with Crippen molar-refractivity contribution in [3.05, 3.63) is 42.5 Å². The van der Waals surface area contributed by atoms with Crippen LogP contribution < -0.4 is 15.4 Å². The molecule has 0 radical (unpaired) electrons. The van der Waals surface area contributed by atoms with E-state index in [-0.39, 0.29) is 35.4 Å². The molecule has 150 valence electrons. The van der Waals surface area contributed by atoms with Crippen LogP contribution in [0.25, 0.3) is 0 Å². The lowest BCUT2D eigenvalue weighted by atomic mass is 10.4. The van der Waals surface area contributed by atoms with Crippen LogP contribution >= 0.6 is 24.0 Å². The van der Waals surface area contributed by atoms with Crippen LogP contribution in [0.2, 0.25) is 0 Å². The minimum atomic E-state index is -3.49. The highest BCUT2D eigenvalue weighted by Gasteiger charge is 2.12. The van der Waals surface area contributed by atoms with Crippen LogP contribution in [-0.4, -0.2) is 55.8 Å². The number of sulfonamides is 1. The highest BCUT2D eigenvalue weighted by atomic mass is 127. The number of hydrogen-bond donors (Lipinski definition) is 3. The third-order valence-electron chi connectivity index (χ3n) is 3.64. The van der Waals surface area contributed by atoms with Crippen LogP contribution in [0, 0.1) is 0 Å².